The summed E-state index contributed by atoms with van der Waals surface area (Å²) in [5, 5.41) is 21.9. The number of aliphatic hydroxyl groups is 2. The number of carbonyl (C=O) groups is 1. The predicted molar refractivity (Wildman–Crippen MR) is 127 cm³/mol. The molecule has 1 saturated heterocycles. The van der Waals surface area contributed by atoms with Crippen molar-refractivity contribution in [3.63, 3.8) is 0 Å². The maximum atomic E-state index is 13.8. The van der Waals surface area contributed by atoms with Crippen LogP contribution in [-0.4, -0.2) is 40.2 Å². The predicted octanol–water partition coefficient (Wildman–Crippen LogP) is 4.25. The highest BCUT2D eigenvalue weighted by Crippen LogP contribution is 2.64. The van der Waals surface area contributed by atoms with Gasteiger partial charge in [0.1, 0.15) is 0 Å². The van der Waals surface area contributed by atoms with Crippen molar-refractivity contribution in [3.8, 4) is 0 Å². The van der Waals surface area contributed by atoms with Gasteiger partial charge in [-0.1, -0.05) is 60.7 Å². The fourth-order valence-corrected chi connectivity index (χ4v) is 8.10. The van der Waals surface area contributed by atoms with Gasteiger partial charge in [0.25, 0.3) is 0 Å². The minimum Gasteiger partial charge on any atom is -0.393 e. The van der Waals surface area contributed by atoms with E-state index in [4.69, 9.17) is 0 Å². The first kappa shape index (κ1) is 21.4. The lowest BCUT2D eigenvalue weighted by Crippen LogP contribution is -2.61. The molecule has 0 spiro atoms. The molecule has 1 amide bonds. The Hall–Kier alpha value is -2.17. The van der Waals surface area contributed by atoms with Crippen LogP contribution in [0.4, 0.5) is 0 Å². The second-order valence-corrected chi connectivity index (χ2v) is 11.2. The normalized spacial score (nSPS) is 36.7. The Bertz CT molecular complexity index is 966. The first-order chi connectivity index (χ1) is 16.0. The molecule has 0 aromatic heterocycles. The van der Waals surface area contributed by atoms with Crippen molar-refractivity contribution in [3.05, 3.63) is 71.8 Å². The molecule has 2 N–H and O–H groups in total. The van der Waals surface area contributed by atoms with Gasteiger partial charge in [0.2, 0.25) is 5.91 Å². The van der Waals surface area contributed by atoms with Crippen molar-refractivity contribution in [1.82, 2.24) is 4.90 Å². The zero-order valence-corrected chi connectivity index (χ0v) is 19.3. The molecule has 1 aliphatic heterocycles. The Morgan fingerprint density at radius 2 is 1.30 bits per heavy atom. The summed E-state index contributed by atoms with van der Waals surface area (Å²) in [6.07, 6.45) is 5.78. The van der Waals surface area contributed by atoms with E-state index in [1.165, 1.54) is 5.56 Å². The molecule has 0 unspecified atom stereocenters. The molecule has 174 valence electrons. The Morgan fingerprint density at radius 3 is 1.82 bits per heavy atom. The summed E-state index contributed by atoms with van der Waals surface area (Å²) in [5.41, 5.74) is 1.32. The lowest BCUT2D eigenvalue weighted by atomic mass is 9.42. The van der Waals surface area contributed by atoms with Crippen molar-refractivity contribution in [2.75, 3.05) is 13.1 Å². The van der Waals surface area contributed by atoms with Crippen molar-refractivity contribution >= 4 is 5.91 Å². The largest absolute Gasteiger partial charge is 0.393 e. The van der Waals surface area contributed by atoms with Gasteiger partial charge in [-0.25, -0.2) is 0 Å². The molecule has 2 aromatic rings. The van der Waals surface area contributed by atoms with E-state index in [0.29, 0.717) is 56.0 Å². The summed E-state index contributed by atoms with van der Waals surface area (Å²) in [6.45, 7) is 1.21. The quantitative estimate of drug-likeness (QED) is 0.740. The molecule has 2 aromatic carbocycles. The number of amides is 1. The average molecular weight is 446 g/mol. The zero-order valence-electron chi connectivity index (χ0n) is 19.3. The van der Waals surface area contributed by atoms with Gasteiger partial charge in [-0.05, 0) is 73.3 Å². The first-order valence-corrected chi connectivity index (χ1v) is 12.8. The first-order valence-electron chi connectivity index (χ1n) is 12.8. The minimum atomic E-state index is -0.839. The van der Waals surface area contributed by atoms with Gasteiger partial charge in [0.05, 0.1) is 11.7 Å². The number of hydrogen-bond acceptors (Lipinski definition) is 3. The van der Waals surface area contributed by atoms with E-state index >= 15 is 0 Å². The number of likely N-dealkylation sites (tertiary alicyclic amines) is 1. The van der Waals surface area contributed by atoms with Crippen molar-refractivity contribution in [2.45, 2.75) is 62.1 Å². The van der Waals surface area contributed by atoms with Crippen molar-refractivity contribution < 1.29 is 15.0 Å². The third-order valence-corrected chi connectivity index (χ3v) is 9.78. The fourth-order valence-electron chi connectivity index (χ4n) is 8.10. The molecule has 0 atom stereocenters. The van der Waals surface area contributed by atoms with Crippen molar-refractivity contribution in [1.29, 1.82) is 0 Å². The van der Waals surface area contributed by atoms with Crippen LogP contribution in [0, 0.1) is 23.7 Å². The number of piperidine rings is 1. The standard InChI is InChI=1S/C29H35NO3/c31-26(30-13-11-28(33,12-14-30)22-7-3-1-4-8-22)19-29(23-9-5-2-6-10-23)24-15-20-16-25(29)18-21(17-24)27(20)32/h1-10,20-21,24-25,27,32-33H,11-19H2. The van der Waals surface area contributed by atoms with Gasteiger partial charge < -0.3 is 15.1 Å². The van der Waals surface area contributed by atoms with Crippen LogP contribution in [0.25, 0.3) is 0 Å². The summed E-state index contributed by atoms with van der Waals surface area (Å²) in [5.74, 6) is 2.01. The molecule has 4 saturated carbocycles. The molecule has 5 aliphatic rings. The van der Waals surface area contributed by atoms with Crippen LogP contribution in [0.15, 0.2) is 60.7 Å². The van der Waals surface area contributed by atoms with E-state index in [1.54, 1.807) is 0 Å². The van der Waals surface area contributed by atoms with Crippen LogP contribution in [0.5, 0.6) is 0 Å². The van der Waals surface area contributed by atoms with Crippen LogP contribution in [-0.2, 0) is 15.8 Å². The minimum absolute atomic E-state index is 0.112. The van der Waals surface area contributed by atoms with Gasteiger partial charge in [-0.15, -0.1) is 0 Å². The Balaban J connectivity index is 1.24. The molecular formula is C29H35NO3. The fraction of sp³-hybridized carbons (Fsp3) is 0.552. The number of hydrogen-bond donors (Lipinski definition) is 2. The van der Waals surface area contributed by atoms with E-state index in [1.807, 2.05) is 35.2 Å². The van der Waals surface area contributed by atoms with Gasteiger partial charge in [0, 0.05) is 24.9 Å². The maximum Gasteiger partial charge on any atom is 0.223 e. The van der Waals surface area contributed by atoms with Gasteiger partial charge in [0.15, 0.2) is 0 Å². The second kappa shape index (κ2) is 7.95. The molecule has 1 heterocycles. The van der Waals surface area contributed by atoms with E-state index < -0.39 is 5.60 Å². The molecule has 5 fully saturated rings. The average Bonchev–Trinajstić information content (AvgIpc) is 2.84. The van der Waals surface area contributed by atoms with E-state index in [2.05, 4.69) is 30.3 Å². The summed E-state index contributed by atoms with van der Waals surface area (Å²) >= 11 is 0. The molecule has 0 radical (unpaired) electrons. The Kier molecular flexibility index (Phi) is 5.15. The van der Waals surface area contributed by atoms with Crippen LogP contribution in [0.3, 0.4) is 0 Å². The van der Waals surface area contributed by atoms with Gasteiger partial charge in [-0.2, -0.15) is 0 Å². The summed E-state index contributed by atoms with van der Waals surface area (Å²) < 4.78 is 0. The molecular weight excluding hydrogens is 410 g/mol. The lowest BCUT2D eigenvalue weighted by Gasteiger charge is -2.63. The number of benzene rings is 2. The molecule has 7 rings (SSSR count). The highest BCUT2D eigenvalue weighted by atomic mass is 16.3. The highest BCUT2D eigenvalue weighted by Gasteiger charge is 2.61. The topological polar surface area (TPSA) is 60.8 Å². The third kappa shape index (κ3) is 3.37. The van der Waals surface area contributed by atoms with Crippen LogP contribution in [0.2, 0.25) is 0 Å². The molecule has 4 nitrogen and oxygen atoms in total. The van der Waals surface area contributed by atoms with Crippen molar-refractivity contribution in [2.24, 2.45) is 23.7 Å². The van der Waals surface area contributed by atoms with Gasteiger partial charge in [-0.3, -0.25) is 4.79 Å². The van der Waals surface area contributed by atoms with E-state index in [9.17, 15) is 15.0 Å². The highest BCUT2D eigenvalue weighted by molar-refractivity contribution is 5.78. The van der Waals surface area contributed by atoms with Crippen LogP contribution in [0.1, 0.15) is 56.1 Å². The van der Waals surface area contributed by atoms with Gasteiger partial charge >= 0.3 is 0 Å². The zero-order chi connectivity index (χ0) is 22.6. The molecule has 4 aliphatic carbocycles. The van der Waals surface area contributed by atoms with Crippen LogP contribution < -0.4 is 0 Å². The maximum absolute atomic E-state index is 13.8. The number of aliphatic hydroxyl groups excluding tert-OH is 1. The Morgan fingerprint density at radius 1 is 0.818 bits per heavy atom. The number of carbonyl (C=O) groups excluding carboxylic acids is 1. The monoisotopic (exact) mass is 445 g/mol. The molecule has 4 bridgehead atoms. The SMILES string of the molecule is O=C(CC1(c2ccccc2)C2CC3CC1CC(C2)C3O)N1CCC(O)(c2ccccc2)CC1. The summed E-state index contributed by atoms with van der Waals surface area (Å²) in [4.78, 5) is 15.8. The second-order valence-electron chi connectivity index (χ2n) is 11.2. The van der Waals surface area contributed by atoms with E-state index in [0.717, 1.165) is 31.2 Å². The Labute approximate surface area is 196 Å². The van der Waals surface area contributed by atoms with Crippen LogP contribution >= 0.6 is 0 Å². The lowest BCUT2D eigenvalue weighted by molar-refractivity contribution is -0.155. The molecule has 33 heavy (non-hydrogen) atoms. The van der Waals surface area contributed by atoms with E-state index in [-0.39, 0.29) is 17.4 Å². The smallest absolute Gasteiger partial charge is 0.223 e. The molecule has 4 heteroatoms. The summed E-state index contributed by atoms with van der Waals surface area (Å²) in [7, 11) is 0. The third-order valence-electron chi connectivity index (χ3n) is 9.78. The number of nitrogens with zero attached hydrogens (tertiary/aromatic N) is 1. The number of rotatable bonds is 4. The summed E-state index contributed by atoms with van der Waals surface area (Å²) in [6, 6.07) is 20.6.